The molecule has 0 radical (unpaired) electrons. The Morgan fingerprint density at radius 2 is 2.00 bits per heavy atom. The van der Waals surface area contributed by atoms with E-state index in [9.17, 15) is 9.50 Å². The molecule has 1 aromatic carbocycles. The van der Waals surface area contributed by atoms with Gasteiger partial charge >= 0.3 is 0 Å². The molecule has 1 atom stereocenters. The van der Waals surface area contributed by atoms with Crippen LogP contribution in [-0.4, -0.2) is 11.7 Å². The van der Waals surface area contributed by atoms with Gasteiger partial charge in [-0.05, 0) is 24.2 Å². The number of nitrogens with one attached hydrogen (secondary N) is 1. The van der Waals surface area contributed by atoms with Crippen LogP contribution in [0.3, 0.4) is 0 Å². The summed E-state index contributed by atoms with van der Waals surface area (Å²) < 4.78 is 12.4. The molecule has 1 rings (SSSR count). The van der Waals surface area contributed by atoms with Crippen molar-refractivity contribution in [1.82, 2.24) is 5.32 Å². The van der Waals surface area contributed by atoms with Gasteiger partial charge in [0, 0.05) is 0 Å². The highest BCUT2D eigenvalue weighted by Crippen LogP contribution is 2.09. The molecule has 0 aromatic heterocycles. The summed E-state index contributed by atoms with van der Waals surface area (Å²) in [6, 6.07) is 5.77. The molecule has 12 heavy (non-hydrogen) atoms. The molecule has 0 fully saturated rings. The topological polar surface area (TPSA) is 32.3 Å². The Morgan fingerprint density at radius 3 is 2.50 bits per heavy atom. The van der Waals surface area contributed by atoms with E-state index in [0.29, 0.717) is 12.1 Å². The Morgan fingerprint density at radius 1 is 1.42 bits per heavy atom. The number of aliphatic hydroxyl groups excluding tert-OH is 1. The third-order valence-corrected chi connectivity index (χ3v) is 1.58. The first-order valence-corrected chi connectivity index (χ1v) is 3.91. The van der Waals surface area contributed by atoms with E-state index in [1.54, 1.807) is 12.1 Å². The maximum atomic E-state index is 12.4. The van der Waals surface area contributed by atoms with Crippen molar-refractivity contribution in [2.45, 2.75) is 13.2 Å². The van der Waals surface area contributed by atoms with E-state index in [0.717, 1.165) is 0 Å². The van der Waals surface area contributed by atoms with Gasteiger partial charge in [0.2, 0.25) is 0 Å². The molecule has 1 aromatic rings. The van der Waals surface area contributed by atoms with Crippen LogP contribution >= 0.6 is 0 Å². The zero-order valence-electron chi connectivity index (χ0n) is 6.92. The van der Waals surface area contributed by atoms with Crippen molar-refractivity contribution in [2.24, 2.45) is 0 Å². The van der Waals surface area contributed by atoms with Gasteiger partial charge in [-0.25, -0.2) is 4.39 Å². The van der Waals surface area contributed by atoms with Crippen molar-refractivity contribution in [1.29, 1.82) is 0 Å². The molecule has 0 saturated heterocycles. The van der Waals surface area contributed by atoms with Crippen LogP contribution in [0, 0.1) is 5.82 Å². The van der Waals surface area contributed by atoms with Crippen LogP contribution in [0.15, 0.2) is 24.3 Å². The molecule has 2 N–H and O–H groups in total. The summed E-state index contributed by atoms with van der Waals surface area (Å²) in [4.78, 5) is 0. The van der Waals surface area contributed by atoms with Gasteiger partial charge < -0.3 is 5.11 Å². The molecule has 0 aliphatic heterocycles. The SMILES string of the molecule is CCNC(O)c1ccc(F)cc1. The number of halogens is 1. The van der Waals surface area contributed by atoms with Crippen molar-refractivity contribution in [3.8, 4) is 0 Å². The number of rotatable bonds is 3. The Labute approximate surface area is 71.0 Å². The van der Waals surface area contributed by atoms with Gasteiger partial charge in [-0.15, -0.1) is 0 Å². The standard InChI is InChI=1S/C9H12FNO/c1-2-11-9(12)7-3-5-8(10)6-4-7/h3-6,9,11-12H,2H2,1H3. The Kier molecular flexibility index (Phi) is 3.19. The van der Waals surface area contributed by atoms with Crippen molar-refractivity contribution in [3.05, 3.63) is 35.6 Å². The summed E-state index contributed by atoms with van der Waals surface area (Å²) in [6.07, 6.45) is -0.699. The van der Waals surface area contributed by atoms with E-state index < -0.39 is 6.23 Å². The molecule has 0 amide bonds. The van der Waals surface area contributed by atoms with Crippen LogP contribution in [0.2, 0.25) is 0 Å². The molecule has 0 saturated carbocycles. The molecule has 1 unspecified atom stereocenters. The minimum Gasteiger partial charge on any atom is -0.374 e. The maximum Gasteiger partial charge on any atom is 0.131 e. The van der Waals surface area contributed by atoms with E-state index in [2.05, 4.69) is 5.32 Å². The second kappa shape index (κ2) is 4.18. The predicted molar refractivity (Wildman–Crippen MR) is 45.0 cm³/mol. The van der Waals surface area contributed by atoms with Gasteiger partial charge in [0.1, 0.15) is 12.0 Å². The minimum absolute atomic E-state index is 0.289. The lowest BCUT2D eigenvalue weighted by molar-refractivity contribution is 0.141. The molecule has 0 heterocycles. The fourth-order valence-corrected chi connectivity index (χ4v) is 0.956. The molecule has 0 aliphatic carbocycles. The summed E-state index contributed by atoms with van der Waals surface area (Å²) in [5.41, 5.74) is 0.679. The lowest BCUT2D eigenvalue weighted by atomic mass is 10.2. The fraction of sp³-hybridized carbons (Fsp3) is 0.333. The average Bonchev–Trinajstić information content (AvgIpc) is 2.06. The van der Waals surface area contributed by atoms with E-state index in [-0.39, 0.29) is 5.82 Å². The maximum absolute atomic E-state index is 12.4. The summed E-state index contributed by atoms with van der Waals surface area (Å²) in [6.45, 7) is 2.57. The second-order valence-corrected chi connectivity index (χ2v) is 2.51. The van der Waals surface area contributed by atoms with Gasteiger partial charge in [0.15, 0.2) is 0 Å². The third-order valence-electron chi connectivity index (χ3n) is 1.58. The Balaban J connectivity index is 2.68. The summed E-state index contributed by atoms with van der Waals surface area (Å²) >= 11 is 0. The zero-order valence-corrected chi connectivity index (χ0v) is 6.92. The van der Waals surface area contributed by atoms with Crippen LogP contribution in [0.25, 0.3) is 0 Å². The third kappa shape index (κ3) is 2.29. The number of hydrogen-bond donors (Lipinski definition) is 2. The second-order valence-electron chi connectivity index (χ2n) is 2.51. The van der Waals surface area contributed by atoms with Crippen LogP contribution in [-0.2, 0) is 0 Å². The molecular weight excluding hydrogens is 157 g/mol. The Bertz CT molecular complexity index is 235. The first-order valence-electron chi connectivity index (χ1n) is 3.91. The number of aliphatic hydroxyl groups is 1. The first kappa shape index (κ1) is 9.16. The molecule has 0 spiro atoms. The van der Waals surface area contributed by atoms with Gasteiger partial charge in [0.25, 0.3) is 0 Å². The number of benzene rings is 1. The van der Waals surface area contributed by atoms with Crippen LogP contribution in [0.4, 0.5) is 4.39 Å². The molecule has 3 heteroatoms. The lowest BCUT2D eigenvalue weighted by Gasteiger charge is -2.10. The molecular formula is C9H12FNO. The molecule has 2 nitrogen and oxygen atoms in total. The van der Waals surface area contributed by atoms with E-state index >= 15 is 0 Å². The van der Waals surface area contributed by atoms with Crippen LogP contribution < -0.4 is 5.32 Å². The minimum atomic E-state index is -0.699. The van der Waals surface area contributed by atoms with E-state index in [1.807, 2.05) is 6.92 Å². The monoisotopic (exact) mass is 169 g/mol. The first-order chi connectivity index (χ1) is 5.74. The van der Waals surface area contributed by atoms with Crippen molar-refractivity contribution in [3.63, 3.8) is 0 Å². The lowest BCUT2D eigenvalue weighted by Crippen LogP contribution is -2.19. The normalized spacial score (nSPS) is 12.9. The van der Waals surface area contributed by atoms with Crippen molar-refractivity contribution >= 4 is 0 Å². The molecule has 66 valence electrons. The quantitative estimate of drug-likeness (QED) is 0.671. The fourth-order valence-electron chi connectivity index (χ4n) is 0.956. The molecule has 0 bridgehead atoms. The summed E-state index contributed by atoms with van der Waals surface area (Å²) in [7, 11) is 0. The van der Waals surface area contributed by atoms with E-state index in [4.69, 9.17) is 0 Å². The molecule has 0 aliphatic rings. The average molecular weight is 169 g/mol. The Hall–Kier alpha value is -0.930. The van der Waals surface area contributed by atoms with Crippen molar-refractivity contribution < 1.29 is 9.50 Å². The highest BCUT2D eigenvalue weighted by atomic mass is 19.1. The van der Waals surface area contributed by atoms with Crippen molar-refractivity contribution in [2.75, 3.05) is 6.54 Å². The zero-order chi connectivity index (χ0) is 8.97. The van der Waals surface area contributed by atoms with E-state index in [1.165, 1.54) is 12.1 Å². The predicted octanol–water partition coefficient (Wildman–Crippen LogP) is 1.43. The highest BCUT2D eigenvalue weighted by Gasteiger charge is 2.03. The van der Waals surface area contributed by atoms with Gasteiger partial charge in [-0.3, -0.25) is 5.32 Å². The van der Waals surface area contributed by atoms with Gasteiger partial charge in [-0.1, -0.05) is 19.1 Å². The summed E-state index contributed by atoms with van der Waals surface area (Å²) in [5.74, 6) is -0.289. The largest absolute Gasteiger partial charge is 0.374 e. The summed E-state index contributed by atoms with van der Waals surface area (Å²) in [5, 5.41) is 12.2. The van der Waals surface area contributed by atoms with Crippen LogP contribution in [0.1, 0.15) is 18.7 Å². The smallest absolute Gasteiger partial charge is 0.131 e. The van der Waals surface area contributed by atoms with Gasteiger partial charge in [-0.2, -0.15) is 0 Å². The highest BCUT2D eigenvalue weighted by molar-refractivity contribution is 5.17. The van der Waals surface area contributed by atoms with Gasteiger partial charge in [0.05, 0.1) is 0 Å². The van der Waals surface area contributed by atoms with Crippen LogP contribution in [0.5, 0.6) is 0 Å². The number of hydrogen-bond acceptors (Lipinski definition) is 2.